The molecule has 0 aliphatic heterocycles. The third-order valence-electron chi connectivity index (χ3n) is 5.93. The summed E-state index contributed by atoms with van der Waals surface area (Å²) in [6.45, 7) is 0.945. The molecule has 168 valence electrons. The molecule has 33 heavy (non-hydrogen) atoms. The Morgan fingerprint density at radius 2 is 1.91 bits per heavy atom. The smallest absolute Gasteiger partial charge is 0.299 e. The third-order valence-corrected chi connectivity index (χ3v) is 6.42. The molecule has 0 bridgehead atoms. The largest absolute Gasteiger partial charge is 0.463 e. The van der Waals surface area contributed by atoms with E-state index in [4.69, 9.17) is 9.72 Å². The van der Waals surface area contributed by atoms with Gasteiger partial charge in [-0.25, -0.2) is 0 Å². The first-order valence-corrected chi connectivity index (χ1v) is 11.9. The van der Waals surface area contributed by atoms with Crippen molar-refractivity contribution < 1.29 is 4.74 Å². The summed E-state index contributed by atoms with van der Waals surface area (Å²) in [7, 11) is 1.67. The number of hydrogen-bond donors (Lipinski definition) is 1. The molecule has 1 N–H and O–H groups in total. The van der Waals surface area contributed by atoms with Crippen LogP contribution in [0.1, 0.15) is 24.1 Å². The Morgan fingerprint density at radius 1 is 1.09 bits per heavy atom. The first-order chi connectivity index (χ1) is 16.1. The molecule has 7 nitrogen and oxygen atoms in total. The molecule has 0 amide bonds. The van der Waals surface area contributed by atoms with Crippen LogP contribution >= 0.6 is 15.9 Å². The van der Waals surface area contributed by atoms with Gasteiger partial charge < -0.3 is 10.1 Å². The lowest BCUT2D eigenvalue weighted by Crippen LogP contribution is -2.22. The number of benzene rings is 1. The second-order valence-electron chi connectivity index (χ2n) is 8.11. The number of ether oxygens (including phenoxy) is 1. The summed E-state index contributed by atoms with van der Waals surface area (Å²) in [4.78, 5) is 25.9. The number of aryl methyl sites for hydroxylation is 1. The van der Waals surface area contributed by atoms with Crippen LogP contribution in [0.4, 0.5) is 5.69 Å². The molecule has 1 aliphatic rings. The second kappa shape index (κ2) is 9.31. The molecule has 0 saturated heterocycles. The van der Waals surface area contributed by atoms with E-state index in [9.17, 15) is 4.79 Å². The van der Waals surface area contributed by atoms with Crippen molar-refractivity contribution in [1.82, 2.24) is 19.5 Å². The summed E-state index contributed by atoms with van der Waals surface area (Å²) in [5.74, 6) is 0. The standard InChI is InChI=1S/C25H24BrN5O2/c1-31-23(32)15-22(16-8-10-27-11-9-16)30-25(31)33-13-12-28-24-18-4-2-3-5-20(18)29-21-7-6-17(26)14-19(21)24/h6-11,14-15H,2-5,12-13H2,1H3,(H,28,29). The fourth-order valence-corrected chi connectivity index (χ4v) is 4.60. The molecular formula is C25H24BrN5O2. The summed E-state index contributed by atoms with van der Waals surface area (Å²) in [6.07, 6.45) is 7.75. The van der Waals surface area contributed by atoms with Gasteiger partial charge in [0, 0.05) is 58.9 Å². The third kappa shape index (κ3) is 4.48. The highest BCUT2D eigenvalue weighted by Crippen LogP contribution is 2.34. The molecular weight excluding hydrogens is 482 g/mol. The number of halogens is 1. The Kier molecular flexibility index (Phi) is 6.09. The number of aromatic nitrogens is 4. The summed E-state index contributed by atoms with van der Waals surface area (Å²) < 4.78 is 8.38. The van der Waals surface area contributed by atoms with Crippen LogP contribution in [0.15, 0.2) is 58.1 Å². The molecule has 0 saturated carbocycles. The maximum atomic E-state index is 12.4. The van der Waals surface area contributed by atoms with Gasteiger partial charge in [0.1, 0.15) is 6.61 Å². The minimum Gasteiger partial charge on any atom is -0.463 e. The lowest BCUT2D eigenvalue weighted by molar-refractivity contribution is 0.290. The number of nitrogens with one attached hydrogen (secondary N) is 1. The average Bonchev–Trinajstić information content (AvgIpc) is 2.84. The number of anilines is 1. The molecule has 0 unspecified atom stereocenters. The first kappa shape index (κ1) is 21.6. The Morgan fingerprint density at radius 3 is 2.76 bits per heavy atom. The fraction of sp³-hybridized carbons (Fsp3) is 0.280. The summed E-state index contributed by atoms with van der Waals surface area (Å²) in [6, 6.07) is 11.6. The van der Waals surface area contributed by atoms with Crippen LogP contribution in [0.25, 0.3) is 22.2 Å². The molecule has 0 atom stereocenters. The van der Waals surface area contributed by atoms with E-state index < -0.39 is 0 Å². The van der Waals surface area contributed by atoms with Gasteiger partial charge in [0.2, 0.25) is 0 Å². The molecule has 4 aromatic rings. The van der Waals surface area contributed by atoms with E-state index >= 15 is 0 Å². The highest BCUT2D eigenvalue weighted by atomic mass is 79.9. The topological polar surface area (TPSA) is 81.9 Å². The molecule has 1 aromatic carbocycles. The van der Waals surface area contributed by atoms with Crippen molar-refractivity contribution in [3.05, 3.63) is 74.9 Å². The molecule has 0 spiro atoms. The molecule has 8 heteroatoms. The minimum atomic E-state index is -0.168. The Hall–Kier alpha value is -3.26. The van der Waals surface area contributed by atoms with Gasteiger partial charge in [-0.15, -0.1) is 0 Å². The monoisotopic (exact) mass is 505 g/mol. The summed E-state index contributed by atoms with van der Waals surface area (Å²) in [5.41, 5.74) is 5.85. The van der Waals surface area contributed by atoms with Gasteiger partial charge in [-0.1, -0.05) is 15.9 Å². The van der Waals surface area contributed by atoms with Crippen LogP contribution < -0.4 is 15.6 Å². The van der Waals surface area contributed by atoms with Crippen LogP contribution in [0.5, 0.6) is 6.01 Å². The zero-order valence-electron chi connectivity index (χ0n) is 18.3. The highest BCUT2D eigenvalue weighted by molar-refractivity contribution is 9.10. The van der Waals surface area contributed by atoms with E-state index in [0.717, 1.165) is 39.5 Å². The molecule has 5 rings (SSSR count). The maximum Gasteiger partial charge on any atom is 0.299 e. The first-order valence-electron chi connectivity index (χ1n) is 11.1. The van der Waals surface area contributed by atoms with Crippen molar-refractivity contribution in [1.29, 1.82) is 0 Å². The van der Waals surface area contributed by atoms with Crippen molar-refractivity contribution in [3.8, 4) is 17.3 Å². The van der Waals surface area contributed by atoms with Gasteiger partial charge >= 0.3 is 0 Å². The van der Waals surface area contributed by atoms with Crippen molar-refractivity contribution in [2.45, 2.75) is 25.7 Å². The predicted octanol–water partition coefficient (Wildman–Crippen LogP) is 4.52. The highest BCUT2D eigenvalue weighted by Gasteiger charge is 2.18. The normalized spacial score (nSPS) is 13.0. The van der Waals surface area contributed by atoms with Crippen LogP contribution in [0.2, 0.25) is 0 Å². The Balaban J connectivity index is 1.36. The fourth-order valence-electron chi connectivity index (χ4n) is 4.23. The SMILES string of the molecule is Cn1c(OCCNc2c3c(nc4ccc(Br)cc24)CCCC3)nc(-c2ccncc2)cc1=O. The average molecular weight is 506 g/mol. The zero-order valence-corrected chi connectivity index (χ0v) is 19.9. The van der Waals surface area contributed by atoms with Crippen molar-refractivity contribution in [2.75, 3.05) is 18.5 Å². The van der Waals surface area contributed by atoms with Crippen molar-refractivity contribution in [3.63, 3.8) is 0 Å². The molecule has 3 heterocycles. The zero-order chi connectivity index (χ0) is 22.8. The summed E-state index contributed by atoms with van der Waals surface area (Å²) in [5, 5.41) is 4.69. The minimum absolute atomic E-state index is 0.168. The van der Waals surface area contributed by atoms with E-state index in [-0.39, 0.29) is 5.56 Å². The van der Waals surface area contributed by atoms with Gasteiger partial charge in [-0.2, -0.15) is 4.98 Å². The maximum absolute atomic E-state index is 12.4. The van der Waals surface area contributed by atoms with E-state index in [1.807, 2.05) is 18.2 Å². The molecule has 0 radical (unpaired) electrons. The predicted molar refractivity (Wildman–Crippen MR) is 133 cm³/mol. The van der Waals surface area contributed by atoms with Crippen molar-refractivity contribution in [2.24, 2.45) is 7.05 Å². The van der Waals surface area contributed by atoms with Crippen LogP contribution in [0, 0.1) is 0 Å². The van der Waals surface area contributed by atoms with Gasteiger partial charge in [0.05, 0.1) is 11.2 Å². The summed E-state index contributed by atoms with van der Waals surface area (Å²) >= 11 is 3.59. The van der Waals surface area contributed by atoms with E-state index in [1.54, 1.807) is 19.4 Å². The lowest BCUT2D eigenvalue weighted by atomic mass is 9.92. The van der Waals surface area contributed by atoms with Crippen molar-refractivity contribution >= 4 is 32.5 Å². The number of fused-ring (bicyclic) bond motifs is 2. The van der Waals surface area contributed by atoms with Gasteiger partial charge in [0.25, 0.3) is 11.6 Å². The second-order valence-corrected chi connectivity index (χ2v) is 9.03. The molecule has 3 aromatic heterocycles. The van der Waals surface area contributed by atoms with Crippen LogP contribution in [-0.2, 0) is 19.9 Å². The van der Waals surface area contributed by atoms with Crippen LogP contribution in [-0.4, -0.2) is 32.7 Å². The number of rotatable bonds is 6. The Labute approximate surface area is 200 Å². The van der Waals surface area contributed by atoms with Gasteiger partial charge in [0.15, 0.2) is 0 Å². The number of pyridine rings is 2. The van der Waals surface area contributed by atoms with Crippen LogP contribution in [0.3, 0.4) is 0 Å². The molecule has 1 aliphatic carbocycles. The Bertz CT molecular complexity index is 1370. The van der Waals surface area contributed by atoms with Gasteiger partial charge in [-0.3, -0.25) is 19.3 Å². The van der Waals surface area contributed by atoms with E-state index in [1.165, 1.54) is 34.7 Å². The van der Waals surface area contributed by atoms with E-state index in [0.29, 0.717) is 24.9 Å². The van der Waals surface area contributed by atoms with E-state index in [2.05, 4.69) is 43.3 Å². The van der Waals surface area contributed by atoms with Gasteiger partial charge in [-0.05, 0) is 61.6 Å². The molecule has 0 fully saturated rings. The lowest BCUT2D eigenvalue weighted by Gasteiger charge is -2.22. The number of nitrogens with zero attached hydrogens (tertiary/aromatic N) is 4. The number of hydrogen-bond acceptors (Lipinski definition) is 6. The quantitative estimate of drug-likeness (QED) is 0.388.